The van der Waals surface area contributed by atoms with Gasteiger partial charge in [-0.25, -0.2) is 14.2 Å². The number of ether oxygens (including phenoxy) is 3. The number of nitriles is 1. The van der Waals surface area contributed by atoms with E-state index in [1.54, 1.807) is 18.2 Å². The number of benzene rings is 3. The number of halogens is 1. The Morgan fingerprint density at radius 1 is 1.17 bits per heavy atom. The highest BCUT2D eigenvalue weighted by Crippen LogP contribution is 2.28. The lowest BCUT2D eigenvalue weighted by atomic mass is 9.88. The molecule has 0 amide bonds. The van der Waals surface area contributed by atoms with E-state index in [-0.39, 0.29) is 30.3 Å². The minimum atomic E-state index is -0.442. The Morgan fingerprint density at radius 3 is 2.80 bits per heavy atom. The zero-order chi connectivity index (χ0) is 28.3. The van der Waals surface area contributed by atoms with E-state index in [0.29, 0.717) is 30.0 Å². The molecule has 9 heteroatoms. The quantitative estimate of drug-likeness (QED) is 0.296. The number of nitrogens with zero attached hydrogens (tertiary/aromatic N) is 3. The molecule has 2 aliphatic rings. The Kier molecular flexibility index (Phi) is 7.68. The van der Waals surface area contributed by atoms with Crippen LogP contribution in [-0.4, -0.2) is 41.4 Å². The molecular formula is C32H31FN4O4. The monoisotopic (exact) mass is 554 g/mol. The summed E-state index contributed by atoms with van der Waals surface area (Å²) in [5.74, 6) is 0.787. The first-order valence-corrected chi connectivity index (χ1v) is 13.9. The summed E-state index contributed by atoms with van der Waals surface area (Å²) < 4.78 is 33.0. The number of imidazole rings is 1. The number of carbonyl (C=O) groups excluding carboxylic acids is 1. The van der Waals surface area contributed by atoms with Gasteiger partial charge in [0, 0.05) is 18.2 Å². The molecule has 0 radical (unpaired) electrons. The summed E-state index contributed by atoms with van der Waals surface area (Å²) in [6.07, 6.45) is 3.95. The standard InChI is InChI=1S/C32H31FN4O4/c1-39-32(38)22-6-9-29-30(15-22)37(18-27-10-11-40-27)31(36-29)17-35-25-7-4-21-5-8-26(14-24(21)13-25)41-19-23-3-2-20(16-34)12-28(23)33/h2-3,5-6,8-9,12,14-15,25,27,35H,4,7,10-11,13,17-19H2,1H3/t25?,27-/m0/s1. The van der Waals surface area contributed by atoms with E-state index in [4.69, 9.17) is 24.5 Å². The van der Waals surface area contributed by atoms with Gasteiger partial charge in [-0.2, -0.15) is 5.26 Å². The fourth-order valence-corrected chi connectivity index (χ4v) is 5.52. The molecule has 1 aliphatic carbocycles. The topological polar surface area (TPSA) is 98.4 Å². The maximum atomic E-state index is 14.3. The van der Waals surface area contributed by atoms with Gasteiger partial charge in [0.25, 0.3) is 0 Å². The highest BCUT2D eigenvalue weighted by Gasteiger charge is 2.24. The summed E-state index contributed by atoms with van der Waals surface area (Å²) in [5, 5.41) is 12.7. The van der Waals surface area contributed by atoms with Gasteiger partial charge in [0.05, 0.1) is 54.5 Å². The molecule has 1 aromatic heterocycles. The van der Waals surface area contributed by atoms with Crippen molar-refractivity contribution < 1.29 is 23.4 Å². The van der Waals surface area contributed by atoms with Crippen LogP contribution < -0.4 is 10.1 Å². The SMILES string of the molecule is COC(=O)c1ccc2nc(CNC3CCc4ccc(OCc5ccc(C#N)cc5F)cc4C3)n(C[C@@H]3CCO3)c2c1. The lowest BCUT2D eigenvalue weighted by Gasteiger charge is -2.28. The first-order valence-electron chi connectivity index (χ1n) is 13.9. The van der Waals surface area contributed by atoms with Crippen molar-refractivity contribution in [2.75, 3.05) is 13.7 Å². The van der Waals surface area contributed by atoms with Crippen molar-refractivity contribution >= 4 is 17.0 Å². The highest BCUT2D eigenvalue weighted by atomic mass is 19.1. The molecule has 4 aromatic rings. The van der Waals surface area contributed by atoms with Crippen molar-refractivity contribution in [1.82, 2.24) is 14.9 Å². The van der Waals surface area contributed by atoms with Gasteiger partial charge in [0.2, 0.25) is 0 Å². The lowest BCUT2D eigenvalue weighted by Crippen LogP contribution is -2.36. The number of hydrogen-bond donors (Lipinski definition) is 1. The molecule has 3 aromatic carbocycles. The van der Waals surface area contributed by atoms with Crippen LogP contribution in [0, 0.1) is 17.1 Å². The Labute approximate surface area is 237 Å². The number of rotatable bonds is 9. The largest absolute Gasteiger partial charge is 0.489 e. The minimum Gasteiger partial charge on any atom is -0.489 e. The molecular weight excluding hydrogens is 523 g/mol. The van der Waals surface area contributed by atoms with Crippen LogP contribution in [0.3, 0.4) is 0 Å². The van der Waals surface area contributed by atoms with Crippen molar-refractivity contribution in [2.45, 2.75) is 57.5 Å². The third-order valence-electron chi connectivity index (χ3n) is 7.96. The number of aryl methyl sites for hydroxylation is 1. The lowest BCUT2D eigenvalue weighted by molar-refractivity contribution is -0.0590. The van der Waals surface area contributed by atoms with E-state index in [2.05, 4.69) is 16.0 Å². The molecule has 2 heterocycles. The average Bonchev–Trinajstić information content (AvgIpc) is 3.32. The summed E-state index contributed by atoms with van der Waals surface area (Å²) in [4.78, 5) is 17.0. The van der Waals surface area contributed by atoms with Crippen LogP contribution in [0.15, 0.2) is 54.6 Å². The maximum Gasteiger partial charge on any atom is 0.337 e. The number of aromatic nitrogens is 2. The van der Waals surface area contributed by atoms with E-state index < -0.39 is 5.82 Å². The van der Waals surface area contributed by atoms with Gasteiger partial charge in [0.15, 0.2) is 0 Å². The first kappa shape index (κ1) is 26.9. The number of fused-ring (bicyclic) bond motifs is 2. The highest BCUT2D eigenvalue weighted by molar-refractivity contribution is 5.93. The fraction of sp³-hybridized carbons (Fsp3) is 0.344. The van der Waals surface area contributed by atoms with Crippen LogP contribution in [0.25, 0.3) is 11.0 Å². The molecule has 1 N–H and O–H groups in total. The Morgan fingerprint density at radius 2 is 2.05 bits per heavy atom. The Bertz CT molecular complexity index is 1640. The molecule has 1 fully saturated rings. The zero-order valence-electron chi connectivity index (χ0n) is 22.9. The zero-order valence-corrected chi connectivity index (χ0v) is 22.9. The third kappa shape index (κ3) is 5.80. The fourth-order valence-electron chi connectivity index (χ4n) is 5.52. The predicted octanol–water partition coefficient (Wildman–Crippen LogP) is 4.85. The van der Waals surface area contributed by atoms with Crippen molar-refractivity contribution in [3.05, 3.63) is 94.1 Å². The van der Waals surface area contributed by atoms with Crippen molar-refractivity contribution in [1.29, 1.82) is 5.26 Å². The molecule has 1 saturated heterocycles. The van der Waals surface area contributed by atoms with Crippen LogP contribution in [0.5, 0.6) is 5.75 Å². The summed E-state index contributed by atoms with van der Waals surface area (Å²) in [7, 11) is 1.38. The normalized spacial score (nSPS) is 17.9. The van der Waals surface area contributed by atoms with Gasteiger partial charge < -0.3 is 24.1 Å². The number of nitrogens with one attached hydrogen (secondary N) is 1. The summed E-state index contributed by atoms with van der Waals surface area (Å²) in [6.45, 7) is 2.14. The number of carbonyl (C=O) groups is 1. The maximum absolute atomic E-state index is 14.3. The second-order valence-electron chi connectivity index (χ2n) is 10.6. The number of esters is 1. The second kappa shape index (κ2) is 11.7. The van der Waals surface area contributed by atoms with E-state index in [9.17, 15) is 9.18 Å². The molecule has 0 saturated carbocycles. The van der Waals surface area contributed by atoms with E-state index in [1.807, 2.05) is 30.3 Å². The van der Waals surface area contributed by atoms with Gasteiger partial charge in [-0.1, -0.05) is 12.1 Å². The van der Waals surface area contributed by atoms with Gasteiger partial charge in [-0.05, 0) is 79.3 Å². The van der Waals surface area contributed by atoms with Gasteiger partial charge in [-0.3, -0.25) is 0 Å². The molecule has 1 unspecified atom stereocenters. The third-order valence-corrected chi connectivity index (χ3v) is 7.96. The van der Waals surface area contributed by atoms with Crippen molar-refractivity contribution in [3.8, 4) is 11.8 Å². The summed E-state index contributed by atoms with van der Waals surface area (Å²) in [5.41, 5.74) is 5.44. The first-order chi connectivity index (χ1) is 20.0. The summed E-state index contributed by atoms with van der Waals surface area (Å²) in [6, 6.07) is 18.1. The number of hydrogen-bond acceptors (Lipinski definition) is 7. The molecule has 2 atom stereocenters. The van der Waals surface area contributed by atoms with Crippen LogP contribution in [0.4, 0.5) is 4.39 Å². The minimum absolute atomic E-state index is 0.0939. The van der Waals surface area contributed by atoms with E-state index in [0.717, 1.165) is 49.1 Å². The van der Waals surface area contributed by atoms with Gasteiger partial charge in [0.1, 0.15) is 24.0 Å². The average molecular weight is 555 g/mol. The van der Waals surface area contributed by atoms with E-state index >= 15 is 0 Å². The van der Waals surface area contributed by atoms with Crippen LogP contribution in [0.2, 0.25) is 0 Å². The van der Waals surface area contributed by atoms with E-state index in [1.165, 1.54) is 24.3 Å². The molecule has 210 valence electrons. The predicted molar refractivity (Wildman–Crippen MR) is 150 cm³/mol. The second-order valence-corrected chi connectivity index (χ2v) is 10.6. The molecule has 0 bridgehead atoms. The van der Waals surface area contributed by atoms with Gasteiger partial charge in [-0.15, -0.1) is 0 Å². The molecule has 8 nitrogen and oxygen atoms in total. The molecule has 0 spiro atoms. The summed E-state index contributed by atoms with van der Waals surface area (Å²) >= 11 is 0. The number of methoxy groups -OCH3 is 1. The molecule has 41 heavy (non-hydrogen) atoms. The van der Waals surface area contributed by atoms with Crippen LogP contribution in [-0.2, 0) is 42.0 Å². The smallest absolute Gasteiger partial charge is 0.337 e. The molecule has 6 rings (SSSR count). The van der Waals surface area contributed by atoms with Gasteiger partial charge >= 0.3 is 5.97 Å². The Balaban J connectivity index is 1.14. The van der Waals surface area contributed by atoms with Crippen molar-refractivity contribution in [2.24, 2.45) is 0 Å². The van der Waals surface area contributed by atoms with Crippen LogP contribution in [0.1, 0.15) is 51.3 Å². The van der Waals surface area contributed by atoms with Crippen molar-refractivity contribution in [3.63, 3.8) is 0 Å². The van der Waals surface area contributed by atoms with Crippen LogP contribution >= 0.6 is 0 Å². The molecule has 1 aliphatic heterocycles. The Hall–Kier alpha value is -4.26.